The van der Waals surface area contributed by atoms with Gasteiger partial charge >= 0.3 is 0 Å². The highest BCUT2D eigenvalue weighted by Crippen LogP contribution is 2.29. The van der Waals surface area contributed by atoms with Crippen LogP contribution in [0.4, 0.5) is 0 Å². The van der Waals surface area contributed by atoms with Gasteiger partial charge in [-0.3, -0.25) is 0 Å². The lowest BCUT2D eigenvalue weighted by atomic mass is 9.79. The molecule has 1 aliphatic rings. The van der Waals surface area contributed by atoms with E-state index in [0.29, 0.717) is 0 Å². The molecule has 0 saturated heterocycles. The predicted molar refractivity (Wildman–Crippen MR) is 78.9 cm³/mol. The molecule has 0 aromatic carbocycles. The van der Waals surface area contributed by atoms with Gasteiger partial charge in [0, 0.05) is 19.3 Å². The topological polar surface area (TPSA) is 21.3 Å². The molecule has 2 unspecified atom stereocenters. The summed E-state index contributed by atoms with van der Waals surface area (Å²) in [6.45, 7) is 9.94. The minimum Gasteiger partial charge on any atom is -0.381 e. The van der Waals surface area contributed by atoms with Gasteiger partial charge in [-0.1, -0.05) is 40.0 Å². The molecular weight excluding hydrogens is 222 g/mol. The number of hydrogen-bond acceptors (Lipinski definition) is 2. The Hall–Kier alpha value is -0.0800. The molecule has 1 saturated carbocycles. The fourth-order valence-electron chi connectivity index (χ4n) is 2.85. The first-order valence-electron chi connectivity index (χ1n) is 8.05. The molecule has 2 nitrogen and oxygen atoms in total. The number of hydrogen-bond donors (Lipinski definition) is 1. The van der Waals surface area contributed by atoms with Gasteiger partial charge in [0.05, 0.1) is 0 Å². The van der Waals surface area contributed by atoms with Gasteiger partial charge < -0.3 is 10.1 Å². The van der Waals surface area contributed by atoms with Gasteiger partial charge in [-0.2, -0.15) is 0 Å². The van der Waals surface area contributed by atoms with E-state index in [-0.39, 0.29) is 0 Å². The summed E-state index contributed by atoms with van der Waals surface area (Å²) < 4.78 is 5.58. The van der Waals surface area contributed by atoms with Gasteiger partial charge in [-0.05, 0) is 44.1 Å². The molecule has 0 amide bonds. The van der Waals surface area contributed by atoms with Gasteiger partial charge in [-0.15, -0.1) is 0 Å². The third-order valence-electron chi connectivity index (χ3n) is 4.20. The van der Waals surface area contributed by atoms with E-state index in [9.17, 15) is 0 Å². The van der Waals surface area contributed by atoms with Crippen LogP contribution in [0.3, 0.4) is 0 Å². The van der Waals surface area contributed by atoms with E-state index in [4.69, 9.17) is 4.74 Å². The van der Waals surface area contributed by atoms with Crippen molar-refractivity contribution in [2.75, 3.05) is 19.8 Å². The van der Waals surface area contributed by atoms with Crippen LogP contribution in [0, 0.1) is 11.8 Å². The minimum absolute atomic E-state index is 0.766. The normalized spacial score (nSPS) is 24.7. The smallest absolute Gasteiger partial charge is 0.0478 e. The summed E-state index contributed by atoms with van der Waals surface area (Å²) in [6, 6.07) is 0.766. The summed E-state index contributed by atoms with van der Waals surface area (Å²) in [5.41, 5.74) is 0. The van der Waals surface area contributed by atoms with Crippen LogP contribution in [0.15, 0.2) is 0 Å². The molecule has 0 aromatic rings. The van der Waals surface area contributed by atoms with Gasteiger partial charge in [0.2, 0.25) is 0 Å². The highest BCUT2D eigenvalue weighted by molar-refractivity contribution is 4.79. The molecule has 0 radical (unpaired) electrons. The van der Waals surface area contributed by atoms with Crippen molar-refractivity contribution in [2.45, 2.75) is 71.8 Å². The zero-order valence-electron chi connectivity index (χ0n) is 12.7. The zero-order chi connectivity index (χ0) is 13.2. The first-order valence-corrected chi connectivity index (χ1v) is 8.05. The molecule has 108 valence electrons. The molecule has 1 fully saturated rings. The third kappa shape index (κ3) is 6.75. The summed E-state index contributed by atoms with van der Waals surface area (Å²) >= 11 is 0. The number of rotatable bonds is 9. The van der Waals surface area contributed by atoms with Crippen molar-refractivity contribution in [3.05, 3.63) is 0 Å². The average molecular weight is 255 g/mol. The second-order valence-corrected chi connectivity index (χ2v) is 6.14. The van der Waals surface area contributed by atoms with Crippen LogP contribution in [0.1, 0.15) is 65.7 Å². The second kappa shape index (κ2) is 9.80. The Morgan fingerprint density at radius 2 is 1.94 bits per heavy atom. The Bertz CT molecular complexity index is 194. The van der Waals surface area contributed by atoms with Crippen LogP contribution < -0.4 is 5.32 Å². The van der Waals surface area contributed by atoms with Gasteiger partial charge in [0.25, 0.3) is 0 Å². The molecule has 1 aliphatic carbocycles. The van der Waals surface area contributed by atoms with Crippen molar-refractivity contribution in [1.29, 1.82) is 0 Å². The van der Waals surface area contributed by atoms with Crippen molar-refractivity contribution < 1.29 is 4.74 Å². The highest BCUT2D eigenvalue weighted by Gasteiger charge is 2.23. The Kier molecular flexibility index (Phi) is 8.70. The first kappa shape index (κ1) is 16.0. The fourth-order valence-corrected chi connectivity index (χ4v) is 2.85. The summed E-state index contributed by atoms with van der Waals surface area (Å²) in [5, 5.41) is 3.72. The summed E-state index contributed by atoms with van der Waals surface area (Å²) in [7, 11) is 0. The van der Waals surface area contributed by atoms with Crippen molar-refractivity contribution in [3.8, 4) is 0 Å². The lowest BCUT2D eigenvalue weighted by molar-refractivity contribution is 0.127. The third-order valence-corrected chi connectivity index (χ3v) is 4.20. The molecule has 1 N–H and O–H groups in total. The molecule has 0 aromatic heterocycles. The number of ether oxygens (including phenoxy) is 1. The molecular formula is C16H33NO. The summed E-state index contributed by atoms with van der Waals surface area (Å²) in [5.74, 6) is 1.80. The summed E-state index contributed by atoms with van der Waals surface area (Å²) in [4.78, 5) is 0. The van der Waals surface area contributed by atoms with Crippen molar-refractivity contribution >= 4 is 0 Å². The molecule has 2 atom stereocenters. The average Bonchev–Trinajstić information content (AvgIpc) is 2.38. The maximum atomic E-state index is 5.58. The molecule has 0 bridgehead atoms. The van der Waals surface area contributed by atoms with E-state index in [2.05, 4.69) is 26.1 Å². The van der Waals surface area contributed by atoms with E-state index in [1.165, 1.54) is 38.5 Å². The molecule has 2 heteroatoms. The lowest BCUT2D eigenvalue weighted by Crippen LogP contribution is -2.36. The Labute approximate surface area is 114 Å². The van der Waals surface area contributed by atoms with Crippen LogP contribution in [-0.2, 0) is 4.74 Å². The van der Waals surface area contributed by atoms with E-state index < -0.39 is 0 Å². The quantitative estimate of drug-likeness (QED) is 0.629. The standard InChI is InChI=1S/C16H33NO/c1-4-5-11-18-12-7-10-17-16-9-6-8-15(13-16)14(2)3/h14-17H,4-13H2,1-3H3. The highest BCUT2D eigenvalue weighted by atomic mass is 16.5. The molecule has 18 heavy (non-hydrogen) atoms. The molecule has 0 aliphatic heterocycles. The largest absolute Gasteiger partial charge is 0.381 e. The fraction of sp³-hybridized carbons (Fsp3) is 1.00. The predicted octanol–water partition coefficient (Wildman–Crippen LogP) is 4.00. The Morgan fingerprint density at radius 3 is 2.67 bits per heavy atom. The minimum atomic E-state index is 0.766. The van der Waals surface area contributed by atoms with Crippen molar-refractivity contribution in [3.63, 3.8) is 0 Å². The summed E-state index contributed by atoms with van der Waals surface area (Å²) in [6.07, 6.45) is 9.20. The Balaban J connectivity index is 1.98. The Morgan fingerprint density at radius 1 is 1.17 bits per heavy atom. The zero-order valence-corrected chi connectivity index (χ0v) is 12.7. The SMILES string of the molecule is CCCCOCCCNC1CCCC(C(C)C)C1. The van der Waals surface area contributed by atoms with Crippen LogP contribution in [0.2, 0.25) is 0 Å². The lowest BCUT2D eigenvalue weighted by Gasteiger charge is -2.32. The van der Waals surface area contributed by atoms with Crippen molar-refractivity contribution in [2.24, 2.45) is 11.8 Å². The van der Waals surface area contributed by atoms with Crippen LogP contribution in [0.25, 0.3) is 0 Å². The van der Waals surface area contributed by atoms with Gasteiger partial charge in [0.15, 0.2) is 0 Å². The van der Waals surface area contributed by atoms with Crippen molar-refractivity contribution in [1.82, 2.24) is 5.32 Å². The van der Waals surface area contributed by atoms with E-state index in [0.717, 1.165) is 44.1 Å². The molecule has 0 heterocycles. The van der Waals surface area contributed by atoms with Crippen LogP contribution in [-0.4, -0.2) is 25.8 Å². The number of nitrogens with one attached hydrogen (secondary N) is 1. The first-order chi connectivity index (χ1) is 8.74. The second-order valence-electron chi connectivity index (χ2n) is 6.14. The van der Waals surface area contributed by atoms with Crippen LogP contribution >= 0.6 is 0 Å². The van der Waals surface area contributed by atoms with Gasteiger partial charge in [0.1, 0.15) is 0 Å². The maximum Gasteiger partial charge on any atom is 0.0478 e. The monoisotopic (exact) mass is 255 g/mol. The van der Waals surface area contributed by atoms with E-state index in [1.807, 2.05) is 0 Å². The van der Waals surface area contributed by atoms with E-state index >= 15 is 0 Å². The van der Waals surface area contributed by atoms with Crippen LogP contribution in [0.5, 0.6) is 0 Å². The maximum absolute atomic E-state index is 5.58. The van der Waals surface area contributed by atoms with Gasteiger partial charge in [-0.25, -0.2) is 0 Å². The molecule has 1 rings (SSSR count). The molecule has 0 spiro atoms. The van der Waals surface area contributed by atoms with E-state index in [1.54, 1.807) is 0 Å². The number of unbranched alkanes of at least 4 members (excludes halogenated alkanes) is 1.